The van der Waals surface area contributed by atoms with Crippen molar-refractivity contribution in [2.24, 2.45) is 5.92 Å². The van der Waals surface area contributed by atoms with E-state index in [9.17, 15) is 13.2 Å². The Kier molecular flexibility index (Phi) is 4.57. The van der Waals surface area contributed by atoms with Crippen molar-refractivity contribution in [2.75, 3.05) is 36.5 Å². The predicted molar refractivity (Wildman–Crippen MR) is 102 cm³/mol. The van der Waals surface area contributed by atoms with Gasteiger partial charge < -0.3 is 9.80 Å². The van der Waals surface area contributed by atoms with Crippen molar-refractivity contribution < 1.29 is 13.2 Å². The quantitative estimate of drug-likeness (QED) is 0.770. The number of aromatic nitrogens is 3. The monoisotopic (exact) mass is 391 g/mol. The molecule has 0 aromatic carbocycles. The molecule has 2 saturated heterocycles. The Labute approximate surface area is 159 Å². The van der Waals surface area contributed by atoms with Gasteiger partial charge in [-0.15, -0.1) is 0 Å². The van der Waals surface area contributed by atoms with Crippen LogP contribution in [0, 0.1) is 12.8 Å². The van der Waals surface area contributed by atoms with Crippen LogP contribution in [0.3, 0.4) is 0 Å². The molecule has 0 radical (unpaired) electrons. The van der Waals surface area contributed by atoms with Crippen molar-refractivity contribution in [3.05, 3.63) is 24.2 Å². The van der Waals surface area contributed by atoms with E-state index >= 15 is 0 Å². The van der Waals surface area contributed by atoms with Gasteiger partial charge in [-0.25, -0.2) is 17.9 Å². The number of likely N-dealkylation sites (tertiary alicyclic amines) is 1. The van der Waals surface area contributed by atoms with E-state index in [1.165, 1.54) is 6.26 Å². The van der Waals surface area contributed by atoms with Crippen LogP contribution in [0.2, 0.25) is 0 Å². The Hall–Kier alpha value is -2.16. The summed E-state index contributed by atoms with van der Waals surface area (Å²) in [6.07, 6.45) is 6.94. The zero-order valence-electron chi connectivity index (χ0n) is 15.7. The summed E-state index contributed by atoms with van der Waals surface area (Å²) in [5.41, 5.74) is 1.96. The number of carbonyl (C=O) groups excluding carboxylic acids is 1. The third-order valence-electron chi connectivity index (χ3n) is 5.47. The SMILES string of the molecule is Cc1cc2c(N3CCC(N4CC(CS(C)(=O)=O)CC4=O)CC3)nccn2n1. The van der Waals surface area contributed by atoms with Crippen LogP contribution in [-0.2, 0) is 14.6 Å². The van der Waals surface area contributed by atoms with Gasteiger partial charge in [0.05, 0.1) is 11.4 Å². The molecule has 1 amide bonds. The lowest BCUT2D eigenvalue weighted by molar-refractivity contribution is -0.130. The standard InChI is InChI=1S/C18H25N5O3S/c1-13-9-16-18(19-5-8-23(16)20-13)21-6-3-15(4-7-21)22-11-14(10-17(22)24)12-27(2,25)26/h5,8-9,14-15H,3-4,6-7,10-12H2,1-2H3. The fourth-order valence-corrected chi connectivity index (χ4v) is 5.44. The number of fused-ring (bicyclic) bond motifs is 1. The highest BCUT2D eigenvalue weighted by atomic mass is 32.2. The molecule has 2 aromatic heterocycles. The minimum atomic E-state index is -3.05. The molecule has 146 valence electrons. The van der Waals surface area contributed by atoms with Gasteiger partial charge in [0.2, 0.25) is 5.91 Å². The number of rotatable bonds is 4. The molecular weight excluding hydrogens is 366 g/mol. The second kappa shape index (κ2) is 6.78. The summed E-state index contributed by atoms with van der Waals surface area (Å²) in [5, 5.41) is 4.44. The average Bonchev–Trinajstić information content (AvgIpc) is 3.14. The Balaban J connectivity index is 1.42. The number of aryl methyl sites for hydroxylation is 1. The van der Waals surface area contributed by atoms with Gasteiger partial charge in [0.25, 0.3) is 0 Å². The largest absolute Gasteiger partial charge is 0.355 e. The van der Waals surface area contributed by atoms with Crippen LogP contribution in [-0.4, -0.2) is 71.5 Å². The minimum absolute atomic E-state index is 0.0734. The molecule has 1 atom stereocenters. The molecule has 9 heteroatoms. The first-order chi connectivity index (χ1) is 12.8. The van der Waals surface area contributed by atoms with Crippen molar-refractivity contribution in [2.45, 2.75) is 32.2 Å². The number of piperidine rings is 1. The number of hydrogen-bond acceptors (Lipinski definition) is 6. The molecule has 0 spiro atoms. The second-order valence-electron chi connectivity index (χ2n) is 7.79. The van der Waals surface area contributed by atoms with Crippen LogP contribution < -0.4 is 4.90 Å². The van der Waals surface area contributed by atoms with E-state index in [-0.39, 0.29) is 23.6 Å². The lowest BCUT2D eigenvalue weighted by Gasteiger charge is -2.37. The minimum Gasteiger partial charge on any atom is -0.355 e. The summed E-state index contributed by atoms with van der Waals surface area (Å²) in [6.45, 7) is 4.17. The predicted octanol–water partition coefficient (Wildman–Crippen LogP) is 0.900. The first kappa shape index (κ1) is 18.2. The van der Waals surface area contributed by atoms with Crippen molar-refractivity contribution in [1.82, 2.24) is 19.5 Å². The second-order valence-corrected chi connectivity index (χ2v) is 9.98. The maximum Gasteiger partial charge on any atom is 0.223 e. The van der Waals surface area contributed by atoms with E-state index in [1.54, 1.807) is 6.20 Å². The van der Waals surface area contributed by atoms with Crippen molar-refractivity contribution in [1.29, 1.82) is 0 Å². The lowest BCUT2D eigenvalue weighted by Crippen LogP contribution is -2.46. The van der Waals surface area contributed by atoms with E-state index in [1.807, 2.05) is 28.6 Å². The van der Waals surface area contributed by atoms with Crippen LogP contribution in [0.5, 0.6) is 0 Å². The van der Waals surface area contributed by atoms with E-state index in [2.05, 4.69) is 15.0 Å². The van der Waals surface area contributed by atoms with Gasteiger partial charge in [-0.3, -0.25) is 4.79 Å². The maximum atomic E-state index is 12.4. The average molecular weight is 391 g/mol. The van der Waals surface area contributed by atoms with Crippen LogP contribution in [0.25, 0.3) is 5.52 Å². The summed E-state index contributed by atoms with van der Waals surface area (Å²) in [6, 6.07) is 2.22. The van der Waals surface area contributed by atoms with Crippen LogP contribution in [0.15, 0.2) is 18.5 Å². The zero-order chi connectivity index (χ0) is 19.2. The van der Waals surface area contributed by atoms with Gasteiger partial charge in [-0.05, 0) is 31.7 Å². The van der Waals surface area contributed by atoms with Gasteiger partial charge in [-0.2, -0.15) is 5.10 Å². The Morgan fingerprint density at radius 3 is 2.70 bits per heavy atom. The van der Waals surface area contributed by atoms with E-state index in [0.29, 0.717) is 13.0 Å². The fourth-order valence-electron chi connectivity index (χ4n) is 4.36. The number of nitrogens with zero attached hydrogens (tertiary/aromatic N) is 5. The van der Waals surface area contributed by atoms with Gasteiger partial charge in [0, 0.05) is 50.7 Å². The Morgan fingerprint density at radius 1 is 1.26 bits per heavy atom. The summed E-state index contributed by atoms with van der Waals surface area (Å²) in [4.78, 5) is 21.1. The third kappa shape index (κ3) is 3.78. The third-order valence-corrected chi connectivity index (χ3v) is 6.55. The normalized spacial score (nSPS) is 22.1. The number of sulfone groups is 1. The highest BCUT2D eigenvalue weighted by molar-refractivity contribution is 7.90. The zero-order valence-corrected chi connectivity index (χ0v) is 16.5. The molecule has 0 aliphatic carbocycles. The van der Waals surface area contributed by atoms with Crippen LogP contribution in [0.4, 0.5) is 5.82 Å². The molecule has 0 N–H and O–H groups in total. The Bertz CT molecular complexity index is 963. The molecule has 0 saturated carbocycles. The molecule has 2 aliphatic rings. The topological polar surface area (TPSA) is 87.9 Å². The van der Waals surface area contributed by atoms with Crippen molar-refractivity contribution in [3.63, 3.8) is 0 Å². The summed E-state index contributed by atoms with van der Waals surface area (Å²) in [5.74, 6) is 1.05. The molecule has 2 aromatic rings. The Morgan fingerprint density at radius 2 is 2.00 bits per heavy atom. The fraction of sp³-hybridized carbons (Fsp3) is 0.611. The lowest BCUT2D eigenvalue weighted by atomic mass is 10.0. The molecule has 2 aliphatic heterocycles. The molecule has 1 unspecified atom stereocenters. The van der Waals surface area contributed by atoms with E-state index in [0.717, 1.165) is 43.0 Å². The smallest absolute Gasteiger partial charge is 0.223 e. The number of anilines is 1. The highest BCUT2D eigenvalue weighted by Gasteiger charge is 2.37. The number of hydrogen-bond donors (Lipinski definition) is 0. The molecule has 4 heterocycles. The van der Waals surface area contributed by atoms with E-state index < -0.39 is 9.84 Å². The van der Waals surface area contributed by atoms with Gasteiger partial charge >= 0.3 is 0 Å². The van der Waals surface area contributed by atoms with Gasteiger partial charge in [0.15, 0.2) is 5.82 Å². The first-order valence-corrected chi connectivity index (χ1v) is 11.4. The highest BCUT2D eigenvalue weighted by Crippen LogP contribution is 2.29. The van der Waals surface area contributed by atoms with Crippen LogP contribution in [0.1, 0.15) is 25.0 Å². The van der Waals surface area contributed by atoms with Crippen molar-refractivity contribution in [3.8, 4) is 0 Å². The van der Waals surface area contributed by atoms with Gasteiger partial charge in [0.1, 0.15) is 15.4 Å². The molecule has 2 fully saturated rings. The van der Waals surface area contributed by atoms with E-state index in [4.69, 9.17) is 0 Å². The summed E-state index contributed by atoms with van der Waals surface area (Å²) in [7, 11) is -3.05. The number of amides is 1. The van der Waals surface area contributed by atoms with Crippen LogP contribution >= 0.6 is 0 Å². The maximum absolute atomic E-state index is 12.4. The first-order valence-electron chi connectivity index (χ1n) is 9.33. The molecule has 27 heavy (non-hydrogen) atoms. The summed E-state index contributed by atoms with van der Waals surface area (Å²) < 4.78 is 24.9. The van der Waals surface area contributed by atoms with Crippen molar-refractivity contribution >= 4 is 27.1 Å². The molecule has 8 nitrogen and oxygen atoms in total. The number of carbonyl (C=O) groups is 1. The molecular formula is C18H25N5O3S. The van der Waals surface area contributed by atoms with Gasteiger partial charge in [-0.1, -0.05) is 0 Å². The molecule has 0 bridgehead atoms. The molecule has 4 rings (SSSR count). The summed E-state index contributed by atoms with van der Waals surface area (Å²) >= 11 is 0.